The molecule has 2 aliphatic rings. The highest BCUT2D eigenvalue weighted by molar-refractivity contribution is 7.92. The summed E-state index contributed by atoms with van der Waals surface area (Å²) < 4.78 is 31.8. The third-order valence-electron chi connectivity index (χ3n) is 4.50. The molecule has 0 radical (unpaired) electrons. The second-order valence-corrected chi connectivity index (χ2v) is 8.44. The fourth-order valence-electron chi connectivity index (χ4n) is 3.31. The van der Waals surface area contributed by atoms with Crippen LogP contribution in [0.4, 0.5) is 0 Å². The highest BCUT2D eigenvalue weighted by Gasteiger charge is 2.30. The smallest absolute Gasteiger partial charge is 0.237 e. The molecule has 2 fully saturated rings. The lowest BCUT2D eigenvalue weighted by molar-refractivity contribution is -0.130. The van der Waals surface area contributed by atoms with Crippen molar-refractivity contribution in [3.63, 3.8) is 0 Å². The molecule has 8 heteroatoms. The van der Waals surface area contributed by atoms with Crippen LogP contribution in [0.3, 0.4) is 0 Å². The molecule has 0 aliphatic carbocycles. The maximum atomic E-state index is 12.4. The summed E-state index contributed by atoms with van der Waals surface area (Å²) in [6.07, 6.45) is 8.61. The summed E-state index contributed by atoms with van der Waals surface area (Å²) in [4.78, 5) is 18.1. The Morgan fingerprint density at radius 3 is 2.87 bits per heavy atom. The minimum absolute atomic E-state index is 0.0441. The molecule has 0 bridgehead atoms. The molecule has 2 unspecified atom stereocenters. The topological polar surface area (TPSA) is 81.5 Å². The fourth-order valence-corrected chi connectivity index (χ4v) is 4.81. The van der Waals surface area contributed by atoms with Crippen molar-refractivity contribution in [3.05, 3.63) is 18.7 Å². The largest absolute Gasteiger partial charge is 0.377 e. The summed E-state index contributed by atoms with van der Waals surface area (Å²) in [6.45, 7) is 1.79. The predicted octanol–water partition coefficient (Wildman–Crippen LogP) is 0.640. The molecular formula is C15H23N3O4S. The number of carbonyl (C=O) groups is 1. The van der Waals surface area contributed by atoms with Crippen LogP contribution in [0.1, 0.15) is 31.7 Å². The van der Waals surface area contributed by atoms with Crippen molar-refractivity contribution in [3.8, 4) is 0 Å². The van der Waals surface area contributed by atoms with Gasteiger partial charge in [0.25, 0.3) is 0 Å². The molecule has 7 nitrogen and oxygen atoms in total. The van der Waals surface area contributed by atoms with E-state index >= 15 is 0 Å². The van der Waals surface area contributed by atoms with Crippen LogP contribution in [0.2, 0.25) is 0 Å². The Balaban J connectivity index is 1.56. The van der Waals surface area contributed by atoms with Gasteiger partial charge in [0.15, 0.2) is 9.84 Å². The zero-order valence-corrected chi connectivity index (χ0v) is 14.0. The van der Waals surface area contributed by atoms with Crippen LogP contribution in [0.15, 0.2) is 18.7 Å². The van der Waals surface area contributed by atoms with Crippen LogP contribution in [0.25, 0.3) is 0 Å². The van der Waals surface area contributed by atoms with Crippen LogP contribution in [0, 0.1) is 0 Å². The number of imidazole rings is 1. The minimum atomic E-state index is -3.42. The van der Waals surface area contributed by atoms with E-state index in [1.165, 1.54) is 0 Å². The monoisotopic (exact) mass is 341 g/mol. The molecule has 0 N–H and O–H groups in total. The molecule has 3 heterocycles. The first-order valence-electron chi connectivity index (χ1n) is 8.11. The number of sulfone groups is 1. The first-order chi connectivity index (χ1) is 11.0. The summed E-state index contributed by atoms with van der Waals surface area (Å²) in [6, 6.07) is 0.177. The minimum Gasteiger partial charge on any atom is -0.377 e. The maximum absolute atomic E-state index is 12.4. The van der Waals surface area contributed by atoms with E-state index in [4.69, 9.17) is 4.74 Å². The van der Waals surface area contributed by atoms with Crippen LogP contribution in [0.5, 0.6) is 0 Å². The summed E-state index contributed by atoms with van der Waals surface area (Å²) in [5, 5.41) is 0. The highest BCUT2D eigenvalue weighted by Crippen LogP contribution is 2.22. The number of amides is 1. The molecule has 1 amide bonds. The molecule has 0 spiro atoms. The molecule has 2 saturated heterocycles. The Bertz CT molecular complexity index is 623. The van der Waals surface area contributed by atoms with E-state index in [1.54, 1.807) is 17.4 Å². The molecule has 0 aromatic carbocycles. The lowest BCUT2D eigenvalue weighted by Gasteiger charge is -2.33. The lowest BCUT2D eigenvalue weighted by atomic mass is 10.1. The highest BCUT2D eigenvalue weighted by atomic mass is 32.2. The molecule has 1 aromatic rings. The van der Waals surface area contributed by atoms with Gasteiger partial charge < -0.3 is 14.2 Å². The predicted molar refractivity (Wildman–Crippen MR) is 84.7 cm³/mol. The Morgan fingerprint density at radius 1 is 1.30 bits per heavy atom. The zero-order chi connectivity index (χ0) is 16.3. The van der Waals surface area contributed by atoms with Crippen molar-refractivity contribution < 1.29 is 17.9 Å². The third kappa shape index (κ3) is 4.32. The van der Waals surface area contributed by atoms with Crippen molar-refractivity contribution in [1.29, 1.82) is 0 Å². The Labute approximate surface area is 136 Å². The number of carbonyl (C=O) groups excluding carboxylic acids is 1. The van der Waals surface area contributed by atoms with E-state index in [2.05, 4.69) is 4.98 Å². The average molecular weight is 341 g/mol. The van der Waals surface area contributed by atoms with Gasteiger partial charge in [-0.3, -0.25) is 4.79 Å². The number of aromatic nitrogens is 2. The maximum Gasteiger partial charge on any atom is 0.237 e. The number of ether oxygens (including phenoxy) is 1. The van der Waals surface area contributed by atoms with Crippen LogP contribution < -0.4 is 0 Å². The van der Waals surface area contributed by atoms with Gasteiger partial charge in [0, 0.05) is 32.1 Å². The third-order valence-corrected chi connectivity index (χ3v) is 6.07. The number of nitrogens with zero attached hydrogens (tertiary/aromatic N) is 3. The Kier molecular flexibility index (Phi) is 5.01. The molecule has 3 rings (SSSR count). The number of piperidine rings is 1. The van der Waals surface area contributed by atoms with Gasteiger partial charge in [-0.2, -0.15) is 0 Å². The van der Waals surface area contributed by atoms with Gasteiger partial charge in [0.1, 0.15) is 5.75 Å². The summed E-state index contributed by atoms with van der Waals surface area (Å²) in [5.41, 5.74) is 0. The van der Waals surface area contributed by atoms with Gasteiger partial charge in [-0.15, -0.1) is 0 Å². The number of hydrogen-bond donors (Lipinski definition) is 0. The van der Waals surface area contributed by atoms with Gasteiger partial charge in [-0.05, 0) is 25.7 Å². The van der Waals surface area contributed by atoms with Crippen LogP contribution in [-0.4, -0.2) is 66.1 Å². The molecular weight excluding hydrogens is 318 g/mol. The van der Waals surface area contributed by atoms with Crippen molar-refractivity contribution in [2.75, 3.05) is 31.2 Å². The second kappa shape index (κ2) is 7.00. The van der Waals surface area contributed by atoms with Gasteiger partial charge >= 0.3 is 0 Å². The van der Waals surface area contributed by atoms with E-state index in [1.807, 2.05) is 10.8 Å². The summed E-state index contributed by atoms with van der Waals surface area (Å²) in [7, 11) is -3.42. The van der Waals surface area contributed by atoms with Crippen LogP contribution in [-0.2, 0) is 19.4 Å². The molecule has 128 valence electrons. The normalized spacial score (nSPS) is 25.7. The van der Waals surface area contributed by atoms with Gasteiger partial charge in [-0.25, -0.2) is 13.4 Å². The number of hydrogen-bond acceptors (Lipinski definition) is 5. The lowest BCUT2D eigenvalue weighted by Crippen LogP contribution is -2.43. The van der Waals surface area contributed by atoms with Crippen molar-refractivity contribution in [2.24, 2.45) is 0 Å². The number of rotatable bonds is 5. The Morgan fingerprint density at radius 2 is 2.17 bits per heavy atom. The van der Waals surface area contributed by atoms with Gasteiger partial charge in [0.05, 0.1) is 24.2 Å². The standard InChI is InChI=1S/C15H23N3O4S/c19-15(11-23(20,21)10-14-4-2-8-22-14)17-6-1-3-13(9-17)18-7-5-16-12-18/h5,7,12-14H,1-4,6,8-11H2. The van der Waals surface area contributed by atoms with Gasteiger partial charge in [-0.1, -0.05) is 0 Å². The van der Waals surface area contributed by atoms with E-state index in [0.717, 1.165) is 25.7 Å². The quantitative estimate of drug-likeness (QED) is 0.785. The molecule has 2 atom stereocenters. The first kappa shape index (κ1) is 16.4. The van der Waals surface area contributed by atoms with Crippen molar-refractivity contribution >= 4 is 15.7 Å². The van der Waals surface area contributed by atoms with E-state index in [0.29, 0.717) is 19.7 Å². The number of likely N-dealkylation sites (tertiary alicyclic amines) is 1. The molecule has 2 aliphatic heterocycles. The van der Waals surface area contributed by atoms with E-state index < -0.39 is 15.6 Å². The van der Waals surface area contributed by atoms with Crippen LogP contribution >= 0.6 is 0 Å². The first-order valence-corrected chi connectivity index (χ1v) is 9.93. The van der Waals surface area contributed by atoms with E-state index in [-0.39, 0.29) is 23.8 Å². The Hall–Kier alpha value is -1.41. The van der Waals surface area contributed by atoms with Crippen molar-refractivity contribution in [2.45, 2.75) is 37.8 Å². The SMILES string of the molecule is O=C(CS(=O)(=O)CC1CCCO1)N1CCCC(n2ccnc2)C1. The fraction of sp³-hybridized carbons (Fsp3) is 0.733. The van der Waals surface area contributed by atoms with E-state index in [9.17, 15) is 13.2 Å². The summed E-state index contributed by atoms with van der Waals surface area (Å²) >= 11 is 0. The van der Waals surface area contributed by atoms with Crippen molar-refractivity contribution in [1.82, 2.24) is 14.5 Å². The molecule has 1 aromatic heterocycles. The summed E-state index contributed by atoms with van der Waals surface area (Å²) in [5.74, 6) is -0.756. The zero-order valence-electron chi connectivity index (χ0n) is 13.1. The molecule has 0 saturated carbocycles. The second-order valence-electron chi connectivity index (χ2n) is 6.34. The molecule has 23 heavy (non-hydrogen) atoms. The average Bonchev–Trinajstić information content (AvgIpc) is 3.19. The van der Waals surface area contributed by atoms with Gasteiger partial charge in [0.2, 0.25) is 5.91 Å².